The predicted molar refractivity (Wildman–Crippen MR) is 88.4 cm³/mol. The molecule has 0 atom stereocenters. The number of benzene rings is 2. The van der Waals surface area contributed by atoms with Gasteiger partial charge in [-0.1, -0.05) is 41.0 Å². The predicted octanol–water partition coefficient (Wildman–Crippen LogP) is 2.29. The van der Waals surface area contributed by atoms with E-state index in [0.29, 0.717) is 11.0 Å². The van der Waals surface area contributed by atoms with Crippen LogP contribution in [-0.2, 0) is 25.8 Å². The van der Waals surface area contributed by atoms with Gasteiger partial charge in [-0.05, 0) is 24.3 Å². The number of hydrogen-bond acceptors (Lipinski definition) is 6. The van der Waals surface area contributed by atoms with Gasteiger partial charge in [0.2, 0.25) is 10.0 Å². The molecule has 0 aliphatic heterocycles. The maximum absolute atomic E-state index is 12.2. The van der Waals surface area contributed by atoms with E-state index < -0.39 is 25.8 Å². The minimum Gasteiger partial charge on any atom is -0.356 e. The summed E-state index contributed by atoms with van der Waals surface area (Å²) in [5, 5.41) is 4.27. The highest BCUT2D eigenvalue weighted by atomic mass is 35.5. The van der Waals surface area contributed by atoms with Crippen LogP contribution in [0.25, 0.3) is 11.0 Å². The zero-order chi connectivity index (χ0) is 17.4. The minimum atomic E-state index is -4.24. The van der Waals surface area contributed by atoms with Gasteiger partial charge in [0.05, 0.1) is 15.3 Å². The Hall–Kier alpha value is -1.94. The lowest BCUT2D eigenvalue weighted by molar-refractivity contribution is 0.448. The second kappa shape index (κ2) is 6.17. The van der Waals surface area contributed by atoms with Crippen molar-refractivity contribution in [2.24, 2.45) is 0 Å². The van der Waals surface area contributed by atoms with Crippen LogP contribution >= 0.6 is 11.6 Å². The van der Waals surface area contributed by atoms with Gasteiger partial charge in [0.15, 0.2) is 5.58 Å². The smallest absolute Gasteiger partial charge is 0.253 e. The maximum atomic E-state index is 12.2. The van der Waals surface area contributed by atoms with Crippen LogP contribution in [0.1, 0.15) is 5.69 Å². The molecule has 126 valence electrons. The largest absolute Gasteiger partial charge is 0.356 e. The van der Waals surface area contributed by atoms with Crippen molar-refractivity contribution in [3.05, 3.63) is 59.2 Å². The molecule has 1 N–H and O–H groups in total. The number of halogens is 1. The van der Waals surface area contributed by atoms with E-state index in [9.17, 15) is 16.8 Å². The van der Waals surface area contributed by atoms with Gasteiger partial charge < -0.3 is 4.52 Å². The molecule has 0 aliphatic rings. The second-order valence-electron chi connectivity index (χ2n) is 4.90. The van der Waals surface area contributed by atoms with Gasteiger partial charge in [-0.2, -0.15) is 0 Å². The fourth-order valence-electron chi connectivity index (χ4n) is 2.13. The number of nitrogens with zero attached hydrogens (tertiary/aromatic N) is 1. The first kappa shape index (κ1) is 16.9. The van der Waals surface area contributed by atoms with E-state index in [0.717, 1.165) is 0 Å². The molecule has 0 amide bonds. The molecule has 0 spiro atoms. The molecule has 0 bridgehead atoms. The third kappa shape index (κ3) is 3.44. The average molecular weight is 387 g/mol. The molecule has 3 rings (SSSR count). The van der Waals surface area contributed by atoms with E-state index in [1.54, 1.807) is 28.4 Å². The van der Waals surface area contributed by atoms with E-state index in [4.69, 9.17) is 16.1 Å². The Morgan fingerprint density at radius 3 is 2.42 bits per heavy atom. The van der Waals surface area contributed by atoms with Gasteiger partial charge in [-0.15, -0.1) is 4.13 Å². The summed E-state index contributed by atoms with van der Waals surface area (Å²) in [7, 11) is -8.45. The highest BCUT2D eigenvalue weighted by Crippen LogP contribution is 2.27. The van der Waals surface area contributed by atoms with Crippen LogP contribution in [0, 0.1) is 0 Å². The van der Waals surface area contributed by atoms with Crippen LogP contribution in [0.5, 0.6) is 0 Å². The molecule has 2 aromatic carbocycles. The van der Waals surface area contributed by atoms with Crippen LogP contribution in [0.2, 0.25) is 5.02 Å². The highest BCUT2D eigenvalue weighted by Gasteiger charge is 2.25. The molecule has 0 fully saturated rings. The van der Waals surface area contributed by atoms with Crippen molar-refractivity contribution < 1.29 is 21.4 Å². The fraction of sp³-hybridized carbons (Fsp3) is 0.0714. The molecule has 7 nitrogen and oxygen atoms in total. The fourth-order valence-corrected chi connectivity index (χ4v) is 5.44. The van der Waals surface area contributed by atoms with Gasteiger partial charge in [0.1, 0.15) is 11.4 Å². The van der Waals surface area contributed by atoms with Crippen LogP contribution in [-0.4, -0.2) is 22.0 Å². The molecule has 0 radical (unpaired) electrons. The number of hydrogen-bond donors (Lipinski definition) is 1. The molecule has 0 unspecified atom stereocenters. The van der Waals surface area contributed by atoms with Gasteiger partial charge >= 0.3 is 0 Å². The zero-order valence-electron chi connectivity index (χ0n) is 12.0. The number of rotatable bonds is 5. The summed E-state index contributed by atoms with van der Waals surface area (Å²) >= 11 is 6.03. The Balaban J connectivity index is 1.92. The summed E-state index contributed by atoms with van der Waals surface area (Å²) in [5.74, 6) is -0.685. The summed E-state index contributed by atoms with van der Waals surface area (Å²) in [6, 6.07) is 12.0. The Kier molecular flexibility index (Phi) is 4.35. The Labute approximate surface area is 143 Å². The molecule has 10 heteroatoms. The number of nitrogens with one attached hydrogen (secondary N) is 1. The molecule has 1 heterocycles. The van der Waals surface area contributed by atoms with Crippen LogP contribution < -0.4 is 4.13 Å². The molecular formula is C14H11ClN2O5S2. The van der Waals surface area contributed by atoms with E-state index in [1.165, 1.54) is 24.3 Å². The topological polar surface area (TPSA) is 106 Å². The number of sulfonamides is 2. The first-order chi connectivity index (χ1) is 11.3. The normalized spacial score (nSPS) is 12.5. The van der Waals surface area contributed by atoms with Gasteiger partial charge in [-0.25, -0.2) is 16.8 Å². The van der Waals surface area contributed by atoms with Gasteiger partial charge in [0.25, 0.3) is 10.0 Å². The number of fused-ring (bicyclic) bond motifs is 1. The quantitative estimate of drug-likeness (QED) is 0.721. The van der Waals surface area contributed by atoms with E-state index >= 15 is 0 Å². The van der Waals surface area contributed by atoms with Crippen molar-refractivity contribution in [1.82, 2.24) is 9.28 Å². The highest BCUT2D eigenvalue weighted by molar-refractivity contribution is 8.04. The van der Waals surface area contributed by atoms with Crippen molar-refractivity contribution in [2.75, 3.05) is 0 Å². The van der Waals surface area contributed by atoms with E-state index in [1.807, 2.05) is 0 Å². The lowest BCUT2D eigenvalue weighted by Gasteiger charge is -2.07. The Morgan fingerprint density at radius 1 is 1.00 bits per heavy atom. The standard InChI is InChI=1S/C14H11ClN2O5S2/c15-11-7-4-8-13-14(11)12(16-22-13)9-23(18,19)17-24(20,21)10-5-2-1-3-6-10/h1-8,17H,9H2. The van der Waals surface area contributed by atoms with Crippen molar-refractivity contribution in [2.45, 2.75) is 10.6 Å². The maximum Gasteiger partial charge on any atom is 0.253 e. The summed E-state index contributed by atoms with van der Waals surface area (Å²) in [6.07, 6.45) is 0. The van der Waals surface area contributed by atoms with Crippen LogP contribution in [0.15, 0.2) is 57.9 Å². The summed E-state index contributed by atoms with van der Waals surface area (Å²) in [4.78, 5) is -0.156. The molecule has 1 aromatic heterocycles. The van der Waals surface area contributed by atoms with Gasteiger partial charge in [-0.3, -0.25) is 0 Å². The minimum absolute atomic E-state index is 0.0337. The molecule has 0 saturated carbocycles. The van der Waals surface area contributed by atoms with Crippen molar-refractivity contribution in [3.8, 4) is 0 Å². The van der Waals surface area contributed by atoms with Crippen molar-refractivity contribution in [3.63, 3.8) is 0 Å². The van der Waals surface area contributed by atoms with E-state index in [2.05, 4.69) is 5.16 Å². The summed E-state index contributed by atoms with van der Waals surface area (Å²) < 4.78 is 55.5. The monoisotopic (exact) mass is 386 g/mol. The number of aromatic nitrogens is 1. The Morgan fingerprint density at radius 2 is 1.71 bits per heavy atom. The Bertz CT molecular complexity index is 1090. The molecular weight excluding hydrogens is 376 g/mol. The molecule has 0 saturated heterocycles. The first-order valence-electron chi connectivity index (χ1n) is 6.63. The van der Waals surface area contributed by atoms with Crippen LogP contribution in [0.4, 0.5) is 0 Å². The van der Waals surface area contributed by atoms with Gasteiger partial charge in [0, 0.05) is 0 Å². The lowest BCUT2D eigenvalue weighted by Crippen LogP contribution is -2.31. The van der Waals surface area contributed by atoms with Crippen LogP contribution in [0.3, 0.4) is 0 Å². The molecule has 3 aromatic rings. The summed E-state index contributed by atoms with van der Waals surface area (Å²) in [5.41, 5.74) is 0.352. The lowest BCUT2D eigenvalue weighted by atomic mass is 10.2. The zero-order valence-corrected chi connectivity index (χ0v) is 14.4. The second-order valence-corrected chi connectivity index (χ2v) is 8.97. The summed E-state index contributed by atoms with van der Waals surface area (Å²) in [6.45, 7) is 0. The van der Waals surface area contributed by atoms with Crippen molar-refractivity contribution in [1.29, 1.82) is 0 Å². The van der Waals surface area contributed by atoms with Crippen molar-refractivity contribution >= 4 is 42.6 Å². The van der Waals surface area contributed by atoms with E-state index in [-0.39, 0.29) is 15.6 Å². The third-order valence-electron chi connectivity index (χ3n) is 3.14. The SMILES string of the molecule is O=S(=O)(Cc1noc2cccc(Cl)c12)NS(=O)(=O)c1ccccc1. The molecule has 24 heavy (non-hydrogen) atoms. The first-order valence-corrected chi connectivity index (χ1v) is 10.1. The average Bonchev–Trinajstić information content (AvgIpc) is 2.91. The molecule has 0 aliphatic carbocycles. The third-order valence-corrected chi connectivity index (χ3v) is 6.89.